The minimum Gasteiger partial charge on any atom is -0.392 e. The maximum Gasteiger partial charge on any atom is 0.0625 e. The van der Waals surface area contributed by atoms with Crippen LogP contribution >= 0.6 is 0 Å². The van der Waals surface area contributed by atoms with Gasteiger partial charge in [0.2, 0.25) is 0 Å². The molecule has 0 aliphatic heterocycles. The van der Waals surface area contributed by atoms with Gasteiger partial charge in [-0.15, -0.1) is 0 Å². The summed E-state index contributed by atoms with van der Waals surface area (Å²) >= 11 is 0. The van der Waals surface area contributed by atoms with Gasteiger partial charge >= 0.3 is 0 Å². The van der Waals surface area contributed by atoms with Crippen LogP contribution in [0.1, 0.15) is 81.1 Å². The lowest BCUT2D eigenvalue weighted by Gasteiger charge is -2.36. The Hall–Kier alpha value is -0.300. The van der Waals surface area contributed by atoms with Crippen molar-refractivity contribution in [1.29, 1.82) is 0 Å². The van der Waals surface area contributed by atoms with Gasteiger partial charge in [-0.05, 0) is 35.5 Å². The summed E-state index contributed by atoms with van der Waals surface area (Å²) in [7, 11) is 0. The van der Waals surface area contributed by atoms with Crippen molar-refractivity contribution in [2.75, 3.05) is 0 Å². The summed E-state index contributed by atoms with van der Waals surface area (Å²) in [5.41, 5.74) is 0.482. The normalized spacial score (nSPS) is 16.1. The van der Waals surface area contributed by atoms with Gasteiger partial charge in [-0.1, -0.05) is 74.0 Å². The van der Waals surface area contributed by atoms with E-state index >= 15 is 0 Å². The Balaban J connectivity index is 4.45. The summed E-state index contributed by atoms with van der Waals surface area (Å²) in [4.78, 5) is 0. The number of rotatable bonds is 7. The molecule has 0 radical (unpaired) electrons. The van der Waals surface area contributed by atoms with Crippen LogP contribution in [0.15, 0.2) is 12.2 Å². The predicted octanol–water partition coefficient (Wildman–Crippen LogP) is 5.58. The van der Waals surface area contributed by atoms with Crippen LogP contribution in [0.2, 0.25) is 0 Å². The molecule has 0 aromatic carbocycles. The number of allylic oxidation sites excluding steroid dienone is 1. The highest BCUT2D eigenvalue weighted by atomic mass is 16.3. The van der Waals surface area contributed by atoms with Crippen molar-refractivity contribution in [3.8, 4) is 0 Å². The first-order valence-electron chi connectivity index (χ1n) is 7.75. The molecule has 0 aromatic rings. The molecule has 0 amide bonds. The first-order chi connectivity index (χ1) is 8.40. The predicted molar refractivity (Wildman–Crippen MR) is 86.3 cm³/mol. The summed E-state index contributed by atoms with van der Waals surface area (Å²) in [5, 5.41) is 10.4. The van der Waals surface area contributed by atoms with Crippen LogP contribution in [0.3, 0.4) is 0 Å². The molecule has 1 atom stereocenters. The van der Waals surface area contributed by atoms with Gasteiger partial charge in [-0.25, -0.2) is 0 Å². The van der Waals surface area contributed by atoms with E-state index in [1.807, 2.05) is 0 Å². The highest BCUT2D eigenvalue weighted by Crippen LogP contribution is 2.37. The van der Waals surface area contributed by atoms with Crippen LogP contribution in [-0.2, 0) is 0 Å². The van der Waals surface area contributed by atoms with Crippen molar-refractivity contribution in [1.82, 2.24) is 0 Å². The Labute approximate surface area is 121 Å². The Kier molecular flexibility index (Phi) is 6.82. The maximum absolute atomic E-state index is 10.4. The van der Waals surface area contributed by atoms with Crippen molar-refractivity contribution in [2.24, 2.45) is 16.2 Å². The zero-order valence-corrected chi connectivity index (χ0v) is 14.5. The van der Waals surface area contributed by atoms with E-state index in [1.54, 1.807) is 0 Å². The fourth-order valence-electron chi connectivity index (χ4n) is 3.05. The highest BCUT2D eigenvalue weighted by Gasteiger charge is 2.31. The van der Waals surface area contributed by atoms with Crippen LogP contribution in [0.5, 0.6) is 0 Å². The lowest BCUT2D eigenvalue weighted by molar-refractivity contribution is 0.0232. The third kappa shape index (κ3) is 8.47. The van der Waals surface area contributed by atoms with Crippen molar-refractivity contribution in [3.63, 3.8) is 0 Å². The molecule has 0 rings (SSSR count). The standard InChI is InChI=1S/C18H36O/c1-9-12-17(5,6)13-10-11-15(19)18(7,8)14-16(2,3)4/h10,13,15,19H,9,11-12,14H2,1-8H3/b13-10+. The topological polar surface area (TPSA) is 20.2 Å². The third-order valence-electron chi connectivity index (χ3n) is 3.71. The number of aliphatic hydroxyl groups excluding tert-OH is 1. The molecule has 0 spiro atoms. The van der Waals surface area contributed by atoms with E-state index < -0.39 is 0 Å². The average Bonchev–Trinajstić information content (AvgIpc) is 2.12. The lowest BCUT2D eigenvalue weighted by atomic mass is 9.72. The average molecular weight is 268 g/mol. The lowest BCUT2D eigenvalue weighted by Crippen LogP contribution is -2.33. The molecule has 0 fully saturated rings. The highest BCUT2D eigenvalue weighted by molar-refractivity contribution is 4.97. The van der Waals surface area contributed by atoms with Crippen LogP contribution in [-0.4, -0.2) is 11.2 Å². The molecule has 0 aliphatic carbocycles. The van der Waals surface area contributed by atoms with Gasteiger partial charge < -0.3 is 5.11 Å². The molecule has 1 nitrogen and oxygen atoms in total. The second kappa shape index (κ2) is 6.92. The van der Waals surface area contributed by atoms with E-state index in [1.165, 1.54) is 12.8 Å². The monoisotopic (exact) mass is 268 g/mol. The zero-order valence-electron chi connectivity index (χ0n) is 14.5. The SMILES string of the molecule is CCCC(C)(C)/C=C/CC(O)C(C)(C)CC(C)(C)C. The minimum atomic E-state index is -0.264. The largest absolute Gasteiger partial charge is 0.392 e. The molecular weight excluding hydrogens is 232 g/mol. The maximum atomic E-state index is 10.4. The van der Waals surface area contributed by atoms with Crippen molar-refractivity contribution in [2.45, 2.75) is 87.2 Å². The number of hydrogen-bond donors (Lipinski definition) is 1. The fraction of sp³-hybridized carbons (Fsp3) is 0.889. The quantitative estimate of drug-likeness (QED) is 0.597. The molecular formula is C18H36O. The first-order valence-corrected chi connectivity index (χ1v) is 7.75. The van der Waals surface area contributed by atoms with E-state index in [4.69, 9.17) is 0 Å². The molecule has 0 bridgehead atoms. The van der Waals surface area contributed by atoms with Crippen LogP contribution < -0.4 is 0 Å². The molecule has 1 unspecified atom stereocenters. The Morgan fingerprint density at radius 1 is 1.00 bits per heavy atom. The summed E-state index contributed by atoms with van der Waals surface area (Å²) in [6.07, 6.45) is 8.38. The number of hydrogen-bond acceptors (Lipinski definition) is 1. The summed E-state index contributed by atoms with van der Waals surface area (Å²) in [6, 6.07) is 0. The fourth-order valence-corrected chi connectivity index (χ4v) is 3.05. The Bertz CT molecular complexity index is 279. The van der Waals surface area contributed by atoms with Crippen molar-refractivity contribution in [3.05, 3.63) is 12.2 Å². The van der Waals surface area contributed by atoms with Gasteiger partial charge in [0.25, 0.3) is 0 Å². The van der Waals surface area contributed by atoms with E-state index in [0.717, 1.165) is 12.8 Å². The zero-order chi connectivity index (χ0) is 15.3. The van der Waals surface area contributed by atoms with Crippen LogP contribution in [0.4, 0.5) is 0 Å². The smallest absolute Gasteiger partial charge is 0.0625 e. The van der Waals surface area contributed by atoms with Crippen LogP contribution in [0, 0.1) is 16.2 Å². The summed E-state index contributed by atoms with van der Waals surface area (Å²) < 4.78 is 0. The summed E-state index contributed by atoms with van der Waals surface area (Å²) in [5.74, 6) is 0. The molecule has 1 heteroatoms. The molecule has 19 heavy (non-hydrogen) atoms. The van der Waals surface area contributed by atoms with Gasteiger partial charge in [-0.3, -0.25) is 0 Å². The number of aliphatic hydroxyl groups is 1. The van der Waals surface area contributed by atoms with Crippen molar-refractivity contribution >= 4 is 0 Å². The molecule has 0 saturated heterocycles. The van der Waals surface area contributed by atoms with E-state index in [9.17, 15) is 5.11 Å². The van der Waals surface area contributed by atoms with Gasteiger partial charge in [0.15, 0.2) is 0 Å². The van der Waals surface area contributed by atoms with Gasteiger partial charge in [0.1, 0.15) is 0 Å². The molecule has 0 saturated carbocycles. The van der Waals surface area contributed by atoms with Crippen molar-refractivity contribution < 1.29 is 5.11 Å². The van der Waals surface area contributed by atoms with E-state index in [2.05, 4.69) is 67.5 Å². The Morgan fingerprint density at radius 3 is 1.95 bits per heavy atom. The van der Waals surface area contributed by atoms with E-state index in [-0.39, 0.29) is 22.3 Å². The molecule has 114 valence electrons. The second-order valence-electron chi connectivity index (χ2n) is 8.62. The first kappa shape index (κ1) is 18.7. The third-order valence-corrected chi connectivity index (χ3v) is 3.71. The molecule has 0 aromatic heterocycles. The van der Waals surface area contributed by atoms with Gasteiger partial charge in [0, 0.05) is 0 Å². The van der Waals surface area contributed by atoms with E-state index in [0.29, 0.717) is 0 Å². The van der Waals surface area contributed by atoms with Gasteiger partial charge in [0.05, 0.1) is 6.10 Å². The molecule has 0 aliphatic rings. The minimum absolute atomic E-state index is 0.0303. The van der Waals surface area contributed by atoms with Gasteiger partial charge in [-0.2, -0.15) is 0 Å². The summed E-state index contributed by atoms with van der Waals surface area (Å²) in [6.45, 7) is 17.8. The second-order valence-corrected chi connectivity index (χ2v) is 8.62. The molecule has 0 heterocycles. The Morgan fingerprint density at radius 2 is 1.53 bits per heavy atom. The van der Waals surface area contributed by atoms with Crippen LogP contribution in [0.25, 0.3) is 0 Å². The molecule has 1 N–H and O–H groups in total.